The molecule has 15 heavy (non-hydrogen) atoms. The summed E-state index contributed by atoms with van der Waals surface area (Å²) in [5.41, 5.74) is 1.24. The van der Waals surface area contributed by atoms with Crippen LogP contribution in [0.1, 0.15) is 0 Å². The second-order valence-corrected chi connectivity index (χ2v) is 3.00. The van der Waals surface area contributed by atoms with Crippen molar-refractivity contribution in [2.75, 3.05) is 7.11 Å². The van der Waals surface area contributed by atoms with Crippen LogP contribution in [0.2, 0.25) is 0 Å². The number of benzene rings is 1. The Bertz CT molecular complexity index is 505. The molecule has 4 heteroatoms. The summed E-state index contributed by atoms with van der Waals surface area (Å²) in [4.78, 5) is 17.8. The molecule has 4 nitrogen and oxygen atoms in total. The van der Waals surface area contributed by atoms with Crippen molar-refractivity contribution in [2.45, 2.75) is 0 Å². The first-order valence-electron chi connectivity index (χ1n) is 4.50. The molecule has 0 saturated carbocycles. The van der Waals surface area contributed by atoms with E-state index in [1.54, 1.807) is 0 Å². The zero-order chi connectivity index (χ0) is 10.7. The van der Waals surface area contributed by atoms with Gasteiger partial charge in [-0.2, -0.15) is 0 Å². The maximum atomic E-state index is 11.2. The fourth-order valence-corrected chi connectivity index (χ4v) is 1.35. The molecule has 2 aromatic rings. The summed E-state index contributed by atoms with van der Waals surface area (Å²) in [6.07, 6.45) is 1.20. The summed E-state index contributed by atoms with van der Waals surface area (Å²) in [6, 6.07) is 9.45. The summed E-state index contributed by atoms with van der Waals surface area (Å²) in [6.45, 7) is 0. The molecule has 0 bridgehead atoms. The molecule has 0 aliphatic rings. The van der Waals surface area contributed by atoms with Crippen LogP contribution in [0.15, 0.2) is 41.3 Å². The molecule has 0 atom stereocenters. The van der Waals surface area contributed by atoms with Gasteiger partial charge in [0, 0.05) is 5.56 Å². The highest BCUT2D eigenvalue weighted by atomic mass is 16.5. The van der Waals surface area contributed by atoms with Gasteiger partial charge >= 0.3 is 0 Å². The van der Waals surface area contributed by atoms with E-state index < -0.39 is 0 Å². The van der Waals surface area contributed by atoms with E-state index in [1.807, 2.05) is 30.3 Å². The minimum Gasteiger partial charge on any atom is -0.479 e. The highest BCUT2D eigenvalue weighted by Crippen LogP contribution is 2.23. The molecule has 1 aromatic carbocycles. The lowest BCUT2D eigenvalue weighted by atomic mass is 10.1. The van der Waals surface area contributed by atoms with Gasteiger partial charge in [0.05, 0.1) is 13.3 Å². The topological polar surface area (TPSA) is 55.0 Å². The average Bonchev–Trinajstić information content (AvgIpc) is 2.30. The summed E-state index contributed by atoms with van der Waals surface area (Å²) in [5, 5.41) is 0. The third kappa shape index (κ3) is 1.88. The van der Waals surface area contributed by atoms with E-state index in [4.69, 9.17) is 4.74 Å². The smallest absolute Gasteiger partial charge is 0.267 e. The Kier molecular flexibility index (Phi) is 2.49. The fraction of sp³-hybridized carbons (Fsp3) is 0.0909. The van der Waals surface area contributed by atoms with Crippen LogP contribution in [0.3, 0.4) is 0 Å². The predicted molar refractivity (Wildman–Crippen MR) is 56.8 cm³/mol. The quantitative estimate of drug-likeness (QED) is 0.801. The van der Waals surface area contributed by atoms with Gasteiger partial charge in [-0.1, -0.05) is 30.3 Å². The summed E-state index contributed by atoms with van der Waals surface area (Å²) >= 11 is 0. The minimum absolute atomic E-state index is 0.241. The van der Waals surface area contributed by atoms with Gasteiger partial charge < -0.3 is 9.72 Å². The van der Waals surface area contributed by atoms with E-state index in [0.717, 1.165) is 5.56 Å². The van der Waals surface area contributed by atoms with Crippen LogP contribution in [-0.2, 0) is 0 Å². The lowest BCUT2D eigenvalue weighted by molar-refractivity contribution is 0.397. The molecular weight excluding hydrogens is 192 g/mol. The third-order valence-electron chi connectivity index (χ3n) is 2.02. The van der Waals surface area contributed by atoms with E-state index >= 15 is 0 Å². The third-order valence-corrected chi connectivity index (χ3v) is 2.02. The highest BCUT2D eigenvalue weighted by molar-refractivity contribution is 5.63. The number of aromatic amines is 1. The molecule has 0 saturated heterocycles. The van der Waals surface area contributed by atoms with Crippen molar-refractivity contribution in [3.8, 4) is 17.1 Å². The molecular formula is C11H10N2O2. The van der Waals surface area contributed by atoms with Gasteiger partial charge in [-0.05, 0) is 0 Å². The number of methoxy groups -OCH3 is 1. The Morgan fingerprint density at radius 2 is 2.00 bits per heavy atom. The van der Waals surface area contributed by atoms with E-state index in [0.29, 0.717) is 11.6 Å². The van der Waals surface area contributed by atoms with Crippen molar-refractivity contribution in [3.63, 3.8) is 0 Å². The number of ether oxygens (including phenoxy) is 1. The van der Waals surface area contributed by atoms with Crippen LogP contribution in [-0.4, -0.2) is 17.1 Å². The van der Waals surface area contributed by atoms with Crippen LogP contribution in [0.25, 0.3) is 11.3 Å². The Morgan fingerprint density at radius 3 is 2.67 bits per heavy atom. The van der Waals surface area contributed by atoms with Crippen LogP contribution in [0.5, 0.6) is 5.88 Å². The van der Waals surface area contributed by atoms with Crippen molar-refractivity contribution < 1.29 is 4.74 Å². The number of hydrogen-bond acceptors (Lipinski definition) is 3. The Hall–Kier alpha value is -2.10. The maximum Gasteiger partial charge on any atom is 0.267 e. The van der Waals surface area contributed by atoms with Gasteiger partial charge in [0.25, 0.3) is 5.56 Å². The molecule has 0 spiro atoms. The number of nitrogens with one attached hydrogen (secondary N) is 1. The van der Waals surface area contributed by atoms with Gasteiger partial charge in [-0.15, -0.1) is 0 Å². The zero-order valence-corrected chi connectivity index (χ0v) is 8.23. The molecule has 0 aliphatic carbocycles. The second kappa shape index (κ2) is 3.96. The lowest BCUT2D eigenvalue weighted by Crippen LogP contribution is -2.08. The van der Waals surface area contributed by atoms with Crippen LogP contribution < -0.4 is 10.3 Å². The number of hydrogen-bond donors (Lipinski definition) is 1. The Morgan fingerprint density at radius 1 is 1.27 bits per heavy atom. The molecule has 0 unspecified atom stereocenters. The second-order valence-electron chi connectivity index (χ2n) is 3.00. The zero-order valence-electron chi connectivity index (χ0n) is 8.23. The van der Waals surface area contributed by atoms with Gasteiger partial charge in [-0.25, -0.2) is 4.98 Å². The molecule has 0 amide bonds. The SMILES string of the molecule is COc1ncc(=O)[nH]c1-c1ccccc1. The molecule has 1 aromatic heterocycles. The summed E-state index contributed by atoms with van der Waals surface area (Å²) in [5.74, 6) is 0.417. The van der Waals surface area contributed by atoms with Crippen molar-refractivity contribution in [3.05, 3.63) is 46.9 Å². The number of H-pyrrole nitrogens is 1. The molecule has 0 radical (unpaired) electrons. The summed E-state index contributed by atoms with van der Waals surface area (Å²) in [7, 11) is 1.52. The van der Waals surface area contributed by atoms with Crippen LogP contribution in [0.4, 0.5) is 0 Å². The molecule has 0 aliphatic heterocycles. The van der Waals surface area contributed by atoms with Crippen LogP contribution in [0, 0.1) is 0 Å². The van der Waals surface area contributed by atoms with Gasteiger partial charge in [0.2, 0.25) is 5.88 Å². The van der Waals surface area contributed by atoms with Crippen molar-refractivity contribution in [1.82, 2.24) is 9.97 Å². The lowest BCUT2D eigenvalue weighted by Gasteiger charge is -2.05. The van der Waals surface area contributed by atoms with E-state index in [9.17, 15) is 4.79 Å². The minimum atomic E-state index is -0.241. The molecule has 1 heterocycles. The normalized spacial score (nSPS) is 9.93. The highest BCUT2D eigenvalue weighted by Gasteiger charge is 2.06. The fourth-order valence-electron chi connectivity index (χ4n) is 1.35. The first-order valence-corrected chi connectivity index (χ1v) is 4.50. The number of aromatic nitrogens is 2. The van der Waals surface area contributed by atoms with Crippen molar-refractivity contribution in [1.29, 1.82) is 0 Å². The maximum absolute atomic E-state index is 11.2. The van der Waals surface area contributed by atoms with Gasteiger partial charge in [-0.3, -0.25) is 4.79 Å². The van der Waals surface area contributed by atoms with E-state index in [1.165, 1.54) is 13.3 Å². The van der Waals surface area contributed by atoms with E-state index in [2.05, 4.69) is 9.97 Å². The van der Waals surface area contributed by atoms with Crippen molar-refractivity contribution in [2.24, 2.45) is 0 Å². The largest absolute Gasteiger partial charge is 0.479 e. The number of rotatable bonds is 2. The van der Waals surface area contributed by atoms with Crippen LogP contribution >= 0.6 is 0 Å². The molecule has 0 fully saturated rings. The molecule has 1 N–H and O–H groups in total. The Labute approximate surface area is 86.6 Å². The molecule has 76 valence electrons. The molecule has 2 rings (SSSR count). The monoisotopic (exact) mass is 202 g/mol. The van der Waals surface area contributed by atoms with Crippen molar-refractivity contribution >= 4 is 0 Å². The number of nitrogens with zero attached hydrogens (tertiary/aromatic N) is 1. The van der Waals surface area contributed by atoms with E-state index in [-0.39, 0.29) is 5.56 Å². The summed E-state index contributed by atoms with van der Waals surface area (Å²) < 4.78 is 5.07. The Balaban J connectivity index is 2.61. The average molecular weight is 202 g/mol. The first kappa shape index (κ1) is 9.45. The first-order chi connectivity index (χ1) is 7.31. The predicted octanol–water partition coefficient (Wildman–Crippen LogP) is 1.45. The standard InChI is InChI=1S/C11H10N2O2/c1-15-11-10(13-9(14)7-12-11)8-5-3-2-4-6-8/h2-7H,1H3,(H,13,14). The van der Waals surface area contributed by atoms with Gasteiger partial charge in [0.1, 0.15) is 5.69 Å². The van der Waals surface area contributed by atoms with Gasteiger partial charge in [0.15, 0.2) is 0 Å².